The third-order valence-corrected chi connectivity index (χ3v) is 3.97. The molecule has 0 atom stereocenters. The molecule has 0 radical (unpaired) electrons. The lowest BCUT2D eigenvalue weighted by atomic mass is 9.90. The first-order valence-electron chi connectivity index (χ1n) is 6.92. The van der Waals surface area contributed by atoms with Crippen molar-refractivity contribution >= 4 is 23.2 Å². The molecule has 0 fully saturated rings. The van der Waals surface area contributed by atoms with Gasteiger partial charge in [-0.1, -0.05) is 29.8 Å². The van der Waals surface area contributed by atoms with Gasteiger partial charge in [0, 0.05) is 16.3 Å². The standard InChI is InChI=1S/C17H16ClNO/c18-14-8-3-7-13(11-14)17(20)19-16-10-4-6-12-5-1-2-9-15(12)16/h3-4,6-8,10-11H,1-2,5,9H2,(H,19,20). The summed E-state index contributed by atoms with van der Waals surface area (Å²) in [5.41, 5.74) is 4.17. The number of rotatable bonds is 2. The molecule has 1 aliphatic carbocycles. The summed E-state index contributed by atoms with van der Waals surface area (Å²) >= 11 is 5.93. The molecule has 2 aromatic rings. The summed E-state index contributed by atoms with van der Waals surface area (Å²) in [6, 6.07) is 13.2. The largest absolute Gasteiger partial charge is 0.322 e. The SMILES string of the molecule is O=C(Nc1cccc2c1CCCC2)c1cccc(Cl)c1. The maximum atomic E-state index is 12.3. The minimum Gasteiger partial charge on any atom is -0.322 e. The lowest BCUT2D eigenvalue weighted by Crippen LogP contribution is -2.15. The number of benzene rings is 2. The van der Waals surface area contributed by atoms with Gasteiger partial charge in [0.25, 0.3) is 5.91 Å². The van der Waals surface area contributed by atoms with E-state index in [-0.39, 0.29) is 5.91 Å². The van der Waals surface area contributed by atoms with Crippen molar-refractivity contribution in [3.63, 3.8) is 0 Å². The number of carbonyl (C=O) groups excluding carboxylic acids is 1. The molecule has 20 heavy (non-hydrogen) atoms. The number of amides is 1. The predicted molar refractivity (Wildman–Crippen MR) is 82.5 cm³/mol. The highest BCUT2D eigenvalue weighted by molar-refractivity contribution is 6.31. The number of hydrogen-bond acceptors (Lipinski definition) is 1. The van der Waals surface area contributed by atoms with Crippen molar-refractivity contribution in [2.24, 2.45) is 0 Å². The molecule has 1 aliphatic rings. The van der Waals surface area contributed by atoms with Gasteiger partial charge >= 0.3 is 0 Å². The molecule has 0 saturated heterocycles. The Morgan fingerprint density at radius 3 is 2.70 bits per heavy atom. The lowest BCUT2D eigenvalue weighted by Gasteiger charge is -2.19. The molecule has 0 unspecified atom stereocenters. The van der Waals surface area contributed by atoms with E-state index >= 15 is 0 Å². The predicted octanol–water partition coefficient (Wildman–Crippen LogP) is 4.47. The highest BCUT2D eigenvalue weighted by Crippen LogP contribution is 2.28. The zero-order chi connectivity index (χ0) is 13.9. The van der Waals surface area contributed by atoms with Gasteiger partial charge in [0.15, 0.2) is 0 Å². The average molecular weight is 286 g/mol. The number of carbonyl (C=O) groups is 1. The molecular formula is C17H16ClNO. The number of nitrogens with one attached hydrogen (secondary N) is 1. The van der Waals surface area contributed by atoms with E-state index in [1.54, 1.807) is 24.3 Å². The van der Waals surface area contributed by atoms with Crippen LogP contribution >= 0.6 is 11.6 Å². The summed E-state index contributed by atoms with van der Waals surface area (Å²) in [5.74, 6) is -0.105. The van der Waals surface area contributed by atoms with E-state index in [9.17, 15) is 4.79 Å². The van der Waals surface area contributed by atoms with Gasteiger partial charge in [-0.25, -0.2) is 0 Å². The van der Waals surface area contributed by atoms with E-state index < -0.39 is 0 Å². The Morgan fingerprint density at radius 1 is 1.05 bits per heavy atom. The van der Waals surface area contributed by atoms with E-state index in [4.69, 9.17) is 11.6 Å². The van der Waals surface area contributed by atoms with Crippen LogP contribution in [0.2, 0.25) is 5.02 Å². The molecule has 1 N–H and O–H groups in total. The molecule has 0 heterocycles. The monoisotopic (exact) mass is 285 g/mol. The maximum absolute atomic E-state index is 12.3. The number of aryl methyl sites for hydroxylation is 1. The second-order valence-corrected chi connectivity index (χ2v) is 5.55. The zero-order valence-electron chi connectivity index (χ0n) is 11.2. The number of anilines is 1. The molecule has 0 spiro atoms. The number of halogens is 1. The van der Waals surface area contributed by atoms with Gasteiger partial charge in [-0.05, 0) is 61.1 Å². The van der Waals surface area contributed by atoms with Crippen LogP contribution in [0.25, 0.3) is 0 Å². The summed E-state index contributed by atoms with van der Waals surface area (Å²) in [6.45, 7) is 0. The van der Waals surface area contributed by atoms with Crippen LogP contribution in [0.3, 0.4) is 0 Å². The van der Waals surface area contributed by atoms with Crippen molar-refractivity contribution < 1.29 is 4.79 Å². The quantitative estimate of drug-likeness (QED) is 0.866. The van der Waals surface area contributed by atoms with Gasteiger partial charge in [-0.15, -0.1) is 0 Å². The molecule has 102 valence electrons. The molecule has 2 aromatic carbocycles. The second kappa shape index (κ2) is 5.68. The normalized spacial score (nSPS) is 13.7. The Balaban J connectivity index is 1.86. The van der Waals surface area contributed by atoms with E-state index in [1.807, 2.05) is 12.1 Å². The van der Waals surface area contributed by atoms with Gasteiger partial charge in [0.1, 0.15) is 0 Å². The lowest BCUT2D eigenvalue weighted by molar-refractivity contribution is 0.102. The third-order valence-electron chi connectivity index (χ3n) is 3.73. The number of hydrogen-bond donors (Lipinski definition) is 1. The van der Waals surface area contributed by atoms with Gasteiger partial charge in [0.05, 0.1) is 0 Å². The van der Waals surface area contributed by atoms with E-state index in [0.29, 0.717) is 10.6 Å². The molecular weight excluding hydrogens is 270 g/mol. The summed E-state index contributed by atoms with van der Waals surface area (Å²) in [7, 11) is 0. The fraction of sp³-hybridized carbons (Fsp3) is 0.235. The van der Waals surface area contributed by atoms with Crippen LogP contribution in [0.1, 0.15) is 34.3 Å². The molecule has 3 rings (SSSR count). The van der Waals surface area contributed by atoms with Crippen molar-refractivity contribution in [3.8, 4) is 0 Å². The van der Waals surface area contributed by atoms with Gasteiger partial charge in [-0.2, -0.15) is 0 Å². The maximum Gasteiger partial charge on any atom is 0.255 e. The van der Waals surface area contributed by atoms with E-state index in [0.717, 1.165) is 18.5 Å². The first-order valence-corrected chi connectivity index (χ1v) is 7.29. The summed E-state index contributed by atoms with van der Waals surface area (Å²) in [5, 5.41) is 3.59. The van der Waals surface area contributed by atoms with Gasteiger partial charge in [-0.3, -0.25) is 4.79 Å². The fourth-order valence-corrected chi connectivity index (χ4v) is 2.91. The molecule has 0 bridgehead atoms. The molecule has 2 nitrogen and oxygen atoms in total. The van der Waals surface area contributed by atoms with Crippen molar-refractivity contribution in [1.82, 2.24) is 0 Å². The summed E-state index contributed by atoms with van der Waals surface area (Å²) < 4.78 is 0. The third kappa shape index (κ3) is 2.70. The molecule has 1 amide bonds. The average Bonchev–Trinajstić information content (AvgIpc) is 2.47. The zero-order valence-corrected chi connectivity index (χ0v) is 11.9. The minimum atomic E-state index is -0.105. The Kier molecular flexibility index (Phi) is 3.75. The minimum absolute atomic E-state index is 0.105. The Hall–Kier alpha value is -1.80. The molecule has 3 heteroatoms. The van der Waals surface area contributed by atoms with Crippen LogP contribution in [-0.4, -0.2) is 5.91 Å². The molecule has 0 aromatic heterocycles. The smallest absolute Gasteiger partial charge is 0.255 e. The van der Waals surface area contributed by atoms with Gasteiger partial charge in [0.2, 0.25) is 0 Å². The second-order valence-electron chi connectivity index (χ2n) is 5.11. The van der Waals surface area contributed by atoms with Crippen molar-refractivity contribution in [2.45, 2.75) is 25.7 Å². The first-order chi connectivity index (χ1) is 9.74. The topological polar surface area (TPSA) is 29.1 Å². The van der Waals surface area contributed by atoms with Crippen molar-refractivity contribution in [3.05, 3.63) is 64.2 Å². The fourth-order valence-electron chi connectivity index (χ4n) is 2.72. The number of fused-ring (bicyclic) bond motifs is 1. The highest BCUT2D eigenvalue weighted by Gasteiger charge is 2.15. The molecule has 0 aliphatic heterocycles. The van der Waals surface area contributed by atoms with Crippen LogP contribution in [0.5, 0.6) is 0 Å². The van der Waals surface area contributed by atoms with Crippen LogP contribution < -0.4 is 5.32 Å². The van der Waals surface area contributed by atoms with Crippen LogP contribution in [-0.2, 0) is 12.8 Å². The Labute approximate surface area is 123 Å². The molecule has 0 saturated carbocycles. The van der Waals surface area contributed by atoms with E-state index in [1.165, 1.54) is 24.0 Å². The Morgan fingerprint density at radius 2 is 1.85 bits per heavy atom. The highest BCUT2D eigenvalue weighted by atomic mass is 35.5. The van der Waals surface area contributed by atoms with Crippen LogP contribution in [0.15, 0.2) is 42.5 Å². The van der Waals surface area contributed by atoms with E-state index in [2.05, 4.69) is 11.4 Å². The van der Waals surface area contributed by atoms with Gasteiger partial charge < -0.3 is 5.32 Å². The summed E-state index contributed by atoms with van der Waals surface area (Å²) in [6.07, 6.45) is 4.58. The van der Waals surface area contributed by atoms with Crippen molar-refractivity contribution in [2.75, 3.05) is 5.32 Å². The van der Waals surface area contributed by atoms with Crippen molar-refractivity contribution in [1.29, 1.82) is 0 Å². The van der Waals surface area contributed by atoms with Crippen LogP contribution in [0.4, 0.5) is 5.69 Å². The Bertz CT molecular complexity index is 651. The first kappa shape index (κ1) is 13.2. The summed E-state index contributed by atoms with van der Waals surface area (Å²) in [4.78, 5) is 12.3. The van der Waals surface area contributed by atoms with Crippen LogP contribution in [0, 0.1) is 0 Å².